The SMILES string of the molecule is OCC(O)C(O)C(O)C(O)C=NNc1nc(N2CCCCC2)nc(N2CCCCC2)n1. The van der Waals surface area contributed by atoms with Gasteiger partial charge in [0.1, 0.15) is 24.4 Å². The van der Waals surface area contributed by atoms with Crippen LogP contribution < -0.4 is 15.2 Å². The van der Waals surface area contributed by atoms with Gasteiger partial charge in [-0.1, -0.05) is 0 Å². The number of hydrogen-bond donors (Lipinski definition) is 6. The van der Waals surface area contributed by atoms with Crippen LogP contribution in [0.3, 0.4) is 0 Å². The summed E-state index contributed by atoms with van der Waals surface area (Å²) in [5.41, 5.74) is 2.66. The van der Waals surface area contributed by atoms with Crippen LogP contribution in [0.4, 0.5) is 17.8 Å². The van der Waals surface area contributed by atoms with E-state index in [1.807, 2.05) is 0 Å². The second-order valence-electron chi connectivity index (χ2n) is 7.97. The van der Waals surface area contributed by atoms with Crippen molar-refractivity contribution in [1.82, 2.24) is 15.0 Å². The number of rotatable bonds is 9. The zero-order valence-electron chi connectivity index (χ0n) is 17.6. The Labute approximate surface area is 181 Å². The van der Waals surface area contributed by atoms with Gasteiger partial charge in [0.2, 0.25) is 17.8 Å². The van der Waals surface area contributed by atoms with Crippen molar-refractivity contribution >= 4 is 24.1 Å². The molecular formula is C19H33N7O5. The molecule has 31 heavy (non-hydrogen) atoms. The summed E-state index contributed by atoms with van der Waals surface area (Å²) in [6.07, 6.45) is 1.08. The first-order chi connectivity index (χ1) is 15.0. The highest BCUT2D eigenvalue weighted by molar-refractivity contribution is 5.64. The molecule has 12 heteroatoms. The Morgan fingerprint density at radius 1 is 0.806 bits per heavy atom. The van der Waals surface area contributed by atoms with Gasteiger partial charge in [0.15, 0.2) is 0 Å². The van der Waals surface area contributed by atoms with Crippen LogP contribution in [0.15, 0.2) is 5.10 Å². The van der Waals surface area contributed by atoms with Gasteiger partial charge in [-0.3, -0.25) is 0 Å². The highest BCUT2D eigenvalue weighted by atomic mass is 16.4. The first kappa shape index (κ1) is 23.5. The van der Waals surface area contributed by atoms with E-state index < -0.39 is 31.0 Å². The first-order valence-electron chi connectivity index (χ1n) is 10.9. The molecule has 3 heterocycles. The van der Waals surface area contributed by atoms with Crippen molar-refractivity contribution in [2.75, 3.05) is 48.0 Å². The van der Waals surface area contributed by atoms with Crippen molar-refractivity contribution in [3.63, 3.8) is 0 Å². The molecule has 1 aromatic rings. The number of aliphatic hydroxyl groups excluding tert-OH is 5. The van der Waals surface area contributed by atoms with Gasteiger partial charge in [-0.15, -0.1) is 0 Å². The predicted octanol–water partition coefficient (Wildman–Crippen LogP) is -1.31. The minimum absolute atomic E-state index is 0.213. The fourth-order valence-electron chi connectivity index (χ4n) is 3.67. The number of nitrogens with zero attached hydrogens (tertiary/aromatic N) is 6. The van der Waals surface area contributed by atoms with Crippen molar-refractivity contribution in [2.45, 2.75) is 62.9 Å². The summed E-state index contributed by atoms with van der Waals surface area (Å²) in [6, 6.07) is 0. The summed E-state index contributed by atoms with van der Waals surface area (Å²) in [5, 5.41) is 51.6. The Bertz CT molecular complexity index is 677. The van der Waals surface area contributed by atoms with E-state index in [9.17, 15) is 20.4 Å². The third-order valence-corrected chi connectivity index (χ3v) is 5.56. The van der Waals surface area contributed by atoms with Gasteiger partial charge in [-0.25, -0.2) is 5.43 Å². The lowest BCUT2D eigenvalue weighted by Gasteiger charge is -2.30. The molecule has 0 saturated carbocycles. The Morgan fingerprint density at radius 2 is 1.32 bits per heavy atom. The standard InChI is InChI=1S/C19H33N7O5/c27-12-14(29)16(31)15(30)13(28)11-20-24-17-21-18(25-7-3-1-4-8-25)23-19(22-17)26-9-5-2-6-10-26/h11,13-16,27-31H,1-10,12H2,(H,21,22,23,24). The maximum atomic E-state index is 9.97. The second-order valence-corrected chi connectivity index (χ2v) is 7.97. The van der Waals surface area contributed by atoms with Gasteiger partial charge in [0.25, 0.3) is 0 Å². The van der Waals surface area contributed by atoms with Crippen molar-refractivity contribution in [2.24, 2.45) is 5.10 Å². The van der Waals surface area contributed by atoms with E-state index in [2.05, 4.69) is 35.3 Å². The predicted molar refractivity (Wildman–Crippen MR) is 115 cm³/mol. The molecule has 2 fully saturated rings. The van der Waals surface area contributed by atoms with E-state index in [1.54, 1.807) is 0 Å². The van der Waals surface area contributed by atoms with Crippen LogP contribution in [0.2, 0.25) is 0 Å². The summed E-state index contributed by atoms with van der Waals surface area (Å²) in [5.74, 6) is 1.37. The second kappa shape index (κ2) is 11.5. The fourth-order valence-corrected chi connectivity index (χ4v) is 3.67. The minimum Gasteiger partial charge on any atom is -0.394 e. The third kappa shape index (κ3) is 6.43. The molecule has 174 valence electrons. The van der Waals surface area contributed by atoms with Gasteiger partial charge in [-0.05, 0) is 38.5 Å². The van der Waals surface area contributed by atoms with Crippen molar-refractivity contribution in [3.8, 4) is 0 Å². The number of aromatic nitrogens is 3. The number of nitrogens with one attached hydrogen (secondary N) is 1. The van der Waals surface area contributed by atoms with Crippen LogP contribution in [0.5, 0.6) is 0 Å². The van der Waals surface area contributed by atoms with Crippen LogP contribution in [0.25, 0.3) is 0 Å². The molecule has 3 rings (SSSR count). The van der Waals surface area contributed by atoms with Crippen molar-refractivity contribution < 1.29 is 25.5 Å². The molecule has 0 aromatic carbocycles. The molecule has 12 nitrogen and oxygen atoms in total. The quantitative estimate of drug-likeness (QED) is 0.199. The van der Waals surface area contributed by atoms with Crippen LogP contribution >= 0.6 is 0 Å². The molecule has 1 aromatic heterocycles. The van der Waals surface area contributed by atoms with Gasteiger partial charge >= 0.3 is 0 Å². The molecule has 4 atom stereocenters. The Balaban J connectivity index is 1.72. The molecule has 2 saturated heterocycles. The van der Waals surface area contributed by atoms with Gasteiger partial charge in [0, 0.05) is 26.2 Å². The highest BCUT2D eigenvalue weighted by Crippen LogP contribution is 2.22. The molecule has 0 amide bonds. The summed E-state index contributed by atoms with van der Waals surface area (Å²) in [7, 11) is 0. The Morgan fingerprint density at radius 3 is 1.81 bits per heavy atom. The molecule has 0 aliphatic carbocycles. The Hall–Kier alpha value is -2.12. The summed E-state index contributed by atoms with van der Waals surface area (Å²) >= 11 is 0. The first-order valence-corrected chi connectivity index (χ1v) is 10.9. The van der Waals surface area contributed by atoms with Crippen LogP contribution in [0.1, 0.15) is 38.5 Å². The lowest BCUT2D eigenvalue weighted by molar-refractivity contribution is -0.0999. The maximum Gasteiger partial charge on any atom is 0.250 e. The summed E-state index contributed by atoms with van der Waals surface area (Å²) in [6.45, 7) is 2.76. The molecule has 0 radical (unpaired) electrons. The molecule has 2 aliphatic heterocycles. The summed E-state index contributed by atoms with van der Waals surface area (Å²) in [4.78, 5) is 17.8. The lowest BCUT2D eigenvalue weighted by Crippen LogP contribution is -2.46. The van der Waals surface area contributed by atoms with E-state index in [4.69, 9.17) is 5.11 Å². The molecule has 0 spiro atoms. The average Bonchev–Trinajstić information content (AvgIpc) is 2.83. The molecule has 0 bridgehead atoms. The molecule has 2 aliphatic rings. The molecular weight excluding hydrogens is 406 g/mol. The largest absolute Gasteiger partial charge is 0.394 e. The highest BCUT2D eigenvalue weighted by Gasteiger charge is 2.29. The van der Waals surface area contributed by atoms with Crippen molar-refractivity contribution in [1.29, 1.82) is 0 Å². The maximum absolute atomic E-state index is 9.97. The number of hydrazone groups is 1. The number of hydrogen-bond acceptors (Lipinski definition) is 12. The zero-order chi connectivity index (χ0) is 22.2. The zero-order valence-corrected chi connectivity index (χ0v) is 17.6. The smallest absolute Gasteiger partial charge is 0.250 e. The average molecular weight is 440 g/mol. The number of piperidine rings is 2. The van der Waals surface area contributed by atoms with Gasteiger partial charge in [0.05, 0.1) is 12.8 Å². The van der Waals surface area contributed by atoms with Crippen LogP contribution in [-0.2, 0) is 0 Å². The topological polar surface area (TPSA) is 171 Å². The van der Waals surface area contributed by atoms with Gasteiger partial charge in [-0.2, -0.15) is 20.1 Å². The monoisotopic (exact) mass is 439 g/mol. The van der Waals surface area contributed by atoms with E-state index in [0.29, 0.717) is 11.9 Å². The van der Waals surface area contributed by atoms with E-state index in [-0.39, 0.29) is 5.95 Å². The van der Waals surface area contributed by atoms with Crippen LogP contribution in [0, 0.1) is 0 Å². The van der Waals surface area contributed by atoms with E-state index >= 15 is 0 Å². The van der Waals surface area contributed by atoms with Crippen molar-refractivity contribution in [3.05, 3.63) is 0 Å². The number of aliphatic hydroxyl groups is 5. The lowest BCUT2D eigenvalue weighted by atomic mass is 10.0. The minimum atomic E-state index is -1.72. The Kier molecular flexibility index (Phi) is 8.72. The normalized spacial score (nSPS) is 21.7. The van der Waals surface area contributed by atoms with Gasteiger partial charge < -0.3 is 35.3 Å². The van der Waals surface area contributed by atoms with Crippen LogP contribution in [-0.4, -0.2) is 104 Å². The third-order valence-electron chi connectivity index (χ3n) is 5.56. The fraction of sp³-hybridized carbons (Fsp3) is 0.789. The molecule has 4 unspecified atom stereocenters. The molecule has 6 N–H and O–H groups in total. The van der Waals surface area contributed by atoms with E-state index in [1.165, 1.54) is 12.8 Å². The van der Waals surface area contributed by atoms with E-state index in [0.717, 1.165) is 58.1 Å². The summed E-state index contributed by atoms with van der Waals surface area (Å²) < 4.78 is 0. The number of anilines is 3.